The Morgan fingerprint density at radius 2 is 2.39 bits per heavy atom. The number of nitrogens with zero attached hydrogens (tertiary/aromatic N) is 3. The minimum absolute atomic E-state index is 0.0175. The smallest absolute Gasteiger partial charge is 0.147 e. The number of nitrogens with two attached hydrogens (primary N) is 1. The van der Waals surface area contributed by atoms with Crippen molar-refractivity contribution in [3.8, 4) is 0 Å². The highest BCUT2D eigenvalue weighted by Gasteiger charge is 2.32. The van der Waals surface area contributed by atoms with E-state index in [1.807, 2.05) is 16.8 Å². The third kappa shape index (κ3) is 1.76. The van der Waals surface area contributed by atoms with Gasteiger partial charge in [-0.1, -0.05) is 6.92 Å². The summed E-state index contributed by atoms with van der Waals surface area (Å²) in [5.74, 6) is 1.76. The van der Waals surface area contributed by atoms with Crippen LogP contribution < -0.4 is 5.73 Å². The highest BCUT2D eigenvalue weighted by Crippen LogP contribution is 2.35. The average molecular weight is 264 g/mol. The van der Waals surface area contributed by atoms with Gasteiger partial charge >= 0.3 is 0 Å². The average Bonchev–Trinajstić information content (AvgIpc) is 2.93. The molecule has 1 aliphatic heterocycles. The molecule has 3 unspecified atom stereocenters. The number of ether oxygens (including phenoxy) is 1. The maximum absolute atomic E-state index is 6.00. The highest BCUT2D eigenvalue weighted by atomic mass is 32.1. The molecular formula is C12H16N4OS. The molecule has 0 saturated carbocycles. The molecule has 6 heteroatoms. The van der Waals surface area contributed by atoms with Gasteiger partial charge in [-0.2, -0.15) is 12.6 Å². The molecule has 2 N–H and O–H groups in total. The summed E-state index contributed by atoms with van der Waals surface area (Å²) in [7, 11) is 0. The van der Waals surface area contributed by atoms with Crippen LogP contribution in [0.5, 0.6) is 0 Å². The summed E-state index contributed by atoms with van der Waals surface area (Å²) in [5.41, 5.74) is 6.66. The van der Waals surface area contributed by atoms with Crippen molar-refractivity contribution in [2.45, 2.75) is 25.7 Å². The molecule has 0 amide bonds. The number of fused-ring (bicyclic) bond motifs is 1. The Morgan fingerprint density at radius 3 is 3.11 bits per heavy atom. The van der Waals surface area contributed by atoms with Crippen LogP contribution in [0, 0.1) is 5.92 Å². The molecule has 5 nitrogen and oxygen atoms in total. The standard InChI is InChI=1S/C12H16N4OS/c1-7-4-10(17-9(7)5-18)16-3-2-8-11(13)14-6-15-12(8)16/h2-3,6-7,9-10,18H,4-5H2,1H3,(H2,13,14,15). The van der Waals surface area contributed by atoms with Crippen LogP contribution in [-0.2, 0) is 4.74 Å². The Balaban J connectivity index is 1.99. The van der Waals surface area contributed by atoms with Crippen molar-refractivity contribution < 1.29 is 4.74 Å². The fourth-order valence-electron chi connectivity index (χ4n) is 2.49. The Labute approximate surface area is 111 Å². The molecule has 0 spiro atoms. The van der Waals surface area contributed by atoms with E-state index < -0.39 is 0 Å². The Bertz CT molecular complexity index is 570. The quantitative estimate of drug-likeness (QED) is 0.813. The predicted molar refractivity (Wildman–Crippen MR) is 73.5 cm³/mol. The molecule has 1 saturated heterocycles. The first kappa shape index (κ1) is 11.8. The first-order valence-corrected chi connectivity index (χ1v) is 6.67. The summed E-state index contributed by atoms with van der Waals surface area (Å²) < 4.78 is 8.04. The van der Waals surface area contributed by atoms with Gasteiger partial charge in [0.25, 0.3) is 0 Å². The fourth-order valence-corrected chi connectivity index (χ4v) is 2.93. The zero-order valence-corrected chi connectivity index (χ0v) is 11.0. The van der Waals surface area contributed by atoms with Gasteiger partial charge in [-0.3, -0.25) is 0 Å². The van der Waals surface area contributed by atoms with Gasteiger partial charge < -0.3 is 15.0 Å². The number of nitrogen functional groups attached to an aromatic ring is 1. The summed E-state index contributed by atoms with van der Waals surface area (Å²) >= 11 is 4.32. The molecule has 2 aromatic rings. The van der Waals surface area contributed by atoms with Crippen molar-refractivity contribution in [1.82, 2.24) is 14.5 Å². The van der Waals surface area contributed by atoms with E-state index in [1.165, 1.54) is 6.33 Å². The van der Waals surface area contributed by atoms with Crippen LogP contribution in [0.3, 0.4) is 0 Å². The van der Waals surface area contributed by atoms with Gasteiger partial charge in [0.05, 0.1) is 11.5 Å². The first-order valence-electron chi connectivity index (χ1n) is 6.04. The number of thiol groups is 1. The lowest BCUT2D eigenvalue weighted by molar-refractivity contribution is 0.0108. The van der Waals surface area contributed by atoms with Crippen LogP contribution in [0.15, 0.2) is 18.6 Å². The SMILES string of the molecule is CC1CC(n2ccc3c(N)ncnc32)OC1CS. The number of hydrogen-bond acceptors (Lipinski definition) is 5. The summed E-state index contributed by atoms with van der Waals surface area (Å²) in [4.78, 5) is 8.29. The maximum Gasteiger partial charge on any atom is 0.147 e. The minimum Gasteiger partial charge on any atom is -0.383 e. The Kier molecular flexibility index (Phi) is 2.91. The van der Waals surface area contributed by atoms with E-state index in [4.69, 9.17) is 10.5 Å². The summed E-state index contributed by atoms with van der Waals surface area (Å²) in [5, 5.41) is 0.878. The van der Waals surface area contributed by atoms with Gasteiger partial charge in [0.2, 0.25) is 0 Å². The van der Waals surface area contributed by atoms with Gasteiger partial charge in [0.15, 0.2) is 0 Å². The molecule has 18 heavy (non-hydrogen) atoms. The van der Waals surface area contributed by atoms with Gasteiger partial charge in [-0.15, -0.1) is 0 Å². The van der Waals surface area contributed by atoms with Crippen LogP contribution in [0.25, 0.3) is 11.0 Å². The van der Waals surface area contributed by atoms with E-state index in [-0.39, 0.29) is 12.3 Å². The first-order chi connectivity index (χ1) is 8.70. The van der Waals surface area contributed by atoms with Crippen molar-refractivity contribution in [3.05, 3.63) is 18.6 Å². The highest BCUT2D eigenvalue weighted by molar-refractivity contribution is 7.80. The van der Waals surface area contributed by atoms with Gasteiger partial charge in [0, 0.05) is 11.9 Å². The lowest BCUT2D eigenvalue weighted by Crippen LogP contribution is -2.15. The van der Waals surface area contributed by atoms with Crippen LogP contribution in [-0.4, -0.2) is 26.4 Å². The molecule has 1 fully saturated rings. The van der Waals surface area contributed by atoms with E-state index in [9.17, 15) is 0 Å². The minimum atomic E-state index is 0.0175. The van der Waals surface area contributed by atoms with E-state index >= 15 is 0 Å². The molecule has 0 aliphatic carbocycles. The molecular weight excluding hydrogens is 248 g/mol. The molecule has 0 radical (unpaired) electrons. The summed E-state index contributed by atoms with van der Waals surface area (Å²) in [6.45, 7) is 2.19. The number of rotatable bonds is 2. The number of anilines is 1. The van der Waals surface area contributed by atoms with Crippen molar-refractivity contribution >= 4 is 29.5 Å². The molecule has 2 aromatic heterocycles. The van der Waals surface area contributed by atoms with Crippen LogP contribution in [0.1, 0.15) is 19.6 Å². The molecule has 3 rings (SSSR count). The Hall–Kier alpha value is -1.27. The second-order valence-electron chi connectivity index (χ2n) is 4.74. The van der Waals surface area contributed by atoms with Crippen molar-refractivity contribution in [2.24, 2.45) is 5.92 Å². The number of hydrogen-bond donors (Lipinski definition) is 2. The summed E-state index contributed by atoms with van der Waals surface area (Å²) in [6, 6.07) is 1.94. The van der Waals surface area contributed by atoms with Crippen molar-refractivity contribution in [3.63, 3.8) is 0 Å². The van der Waals surface area contributed by atoms with Crippen LogP contribution >= 0.6 is 12.6 Å². The van der Waals surface area contributed by atoms with Crippen molar-refractivity contribution in [2.75, 3.05) is 11.5 Å². The third-order valence-electron chi connectivity index (χ3n) is 3.57. The molecule has 3 atom stereocenters. The number of aromatic nitrogens is 3. The van der Waals surface area contributed by atoms with E-state index in [0.717, 1.165) is 23.2 Å². The predicted octanol–water partition coefficient (Wildman–Crippen LogP) is 1.87. The zero-order valence-electron chi connectivity index (χ0n) is 10.2. The normalized spacial score (nSPS) is 28.0. The molecule has 1 aliphatic rings. The zero-order chi connectivity index (χ0) is 12.7. The molecule has 96 valence electrons. The maximum atomic E-state index is 6.00. The summed E-state index contributed by atoms with van der Waals surface area (Å²) in [6.07, 6.45) is 4.65. The second-order valence-corrected chi connectivity index (χ2v) is 5.11. The lowest BCUT2D eigenvalue weighted by atomic mass is 10.1. The third-order valence-corrected chi connectivity index (χ3v) is 3.93. The molecule has 0 bridgehead atoms. The van der Waals surface area contributed by atoms with E-state index in [2.05, 4.69) is 29.5 Å². The fraction of sp³-hybridized carbons (Fsp3) is 0.500. The topological polar surface area (TPSA) is 66.0 Å². The largest absolute Gasteiger partial charge is 0.383 e. The van der Waals surface area contributed by atoms with Crippen LogP contribution in [0.4, 0.5) is 5.82 Å². The van der Waals surface area contributed by atoms with Gasteiger partial charge in [0.1, 0.15) is 24.0 Å². The Morgan fingerprint density at radius 1 is 1.56 bits per heavy atom. The molecule has 0 aromatic carbocycles. The monoisotopic (exact) mass is 264 g/mol. The van der Waals surface area contributed by atoms with Crippen molar-refractivity contribution in [1.29, 1.82) is 0 Å². The van der Waals surface area contributed by atoms with E-state index in [0.29, 0.717) is 11.7 Å². The molecule has 3 heterocycles. The van der Waals surface area contributed by atoms with Crippen LogP contribution in [0.2, 0.25) is 0 Å². The van der Waals surface area contributed by atoms with E-state index in [1.54, 1.807) is 0 Å². The lowest BCUT2D eigenvalue weighted by Gasteiger charge is -2.14. The second kappa shape index (κ2) is 4.44. The van der Waals surface area contributed by atoms with Gasteiger partial charge in [-0.25, -0.2) is 9.97 Å². The van der Waals surface area contributed by atoms with Gasteiger partial charge in [-0.05, 0) is 18.4 Å².